The topological polar surface area (TPSA) is 87.7 Å². The van der Waals surface area contributed by atoms with E-state index in [1.165, 1.54) is 0 Å². The predicted octanol–water partition coefficient (Wildman–Crippen LogP) is 0.575. The number of amides is 2. The number of aliphatic carboxylic acids is 1. The maximum atomic E-state index is 11.5. The lowest BCUT2D eigenvalue weighted by Gasteiger charge is -2.16. The van der Waals surface area contributed by atoms with Crippen LogP contribution in [0.4, 0.5) is 4.79 Å². The number of carbonyl (C=O) groups excluding carboxylic acids is 1. The minimum atomic E-state index is -0.902. The van der Waals surface area contributed by atoms with Crippen LogP contribution in [0.2, 0.25) is 0 Å². The van der Waals surface area contributed by atoms with Gasteiger partial charge in [-0.1, -0.05) is 6.92 Å². The molecule has 0 aliphatic carbocycles. The van der Waals surface area contributed by atoms with Gasteiger partial charge in [0.05, 0.1) is 13.0 Å². The van der Waals surface area contributed by atoms with E-state index in [2.05, 4.69) is 10.6 Å². The van der Waals surface area contributed by atoms with Gasteiger partial charge in [0.25, 0.3) is 0 Å². The molecule has 1 aliphatic rings. The Morgan fingerprint density at radius 2 is 2.29 bits per heavy atom. The van der Waals surface area contributed by atoms with Crippen molar-refractivity contribution in [3.05, 3.63) is 0 Å². The van der Waals surface area contributed by atoms with Crippen LogP contribution in [-0.4, -0.2) is 42.9 Å². The zero-order chi connectivity index (χ0) is 12.7. The van der Waals surface area contributed by atoms with Crippen LogP contribution in [0.15, 0.2) is 0 Å². The van der Waals surface area contributed by atoms with Crippen LogP contribution < -0.4 is 10.6 Å². The molecule has 17 heavy (non-hydrogen) atoms. The molecule has 1 saturated heterocycles. The first-order chi connectivity index (χ1) is 8.11. The van der Waals surface area contributed by atoms with E-state index in [1.54, 1.807) is 0 Å². The predicted molar refractivity (Wildman–Crippen MR) is 61.8 cm³/mol. The molecule has 0 aromatic heterocycles. The van der Waals surface area contributed by atoms with Gasteiger partial charge in [0, 0.05) is 25.1 Å². The van der Waals surface area contributed by atoms with Gasteiger partial charge < -0.3 is 20.5 Å². The molecule has 6 heteroatoms. The quantitative estimate of drug-likeness (QED) is 0.637. The fourth-order valence-electron chi connectivity index (χ4n) is 1.73. The SMILES string of the molecule is CCC(CC(=O)O)NC(=O)NCC1CCOC1. The number of ether oxygens (including phenoxy) is 1. The zero-order valence-electron chi connectivity index (χ0n) is 10.1. The molecule has 0 bridgehead atoms. The number of nitrogens with one attached hydrogen (secondary N) is 2. The molecule has 98 valence electrons. The van der Waals surface area contributed by atoms with Gasteiger partial charge in [-0.05, 0) is 12.8 Å². The van der Waals surface area contributed by atoms with Crippen LogP contribution in [-0.2, 0) is 9.53 Å². The lowest BCUT2D eigenvalue weighted by Crippen LogP contribution is -2.44. The van der Waals surface area contributed by atoms with Gasteiger partial charge in [0.1, 0.15) is 0 Å². The molecule has 2 unspecified atom stereocenters. The highest BCUT2D eigenvalue weighted by Crippen LogP contribution is 2.10. The Labute approximate surface area is 101 Å². The van der Waals surface area contributed by atoms with Crippen molar-refractivity contribution in [2.75, 3.05) is 19.8 Å². The van der Waals surface area contributed by atoms with E-state index in [0.29, 0.717) is 25.5 Å². The van der Waals surface area contributed by atoms with Crippen LogP contribution in [0.25, 0.3) is 0 Å². The molecule has 1 aliphatic heterocycles. The molecule has 0 aromatic rings. The summed E-state index contributed by atoms with van der Waals surface area (Å²) >= 11 is 0. The van der Waals surface area contributed by atoms with Crippen molar-refractivity contribution in [2.45, 2.75) is 32.2 Å². The van der Waals surface area contributed by atoms with Crippen molar-refractivity contribution in [2.24, 2.45) is 5.92 Å². The number of hydrogen-bond donors (Lipinski definition) is 3. The van der Waals surface area contributed by atoms with Gasteiger partial charge in [-0.3, -0.25) is 4.79 Å². The number of carboxylic acid groups (broad SMARTS) is 1. The van der Waals surface area contributed by atoms with Gasteiger partial charge in [0.2, 0.25) is 0 Å². The second kappa shape index (κ2) is 7.11. The zero-order valence-corrected chi connectivity index (χ0v) is 10.1. The maximum Gasteiger partial charge on any atom is 0.315 e. The van der Waals surface area contributed by atoms with E-state index >= 15 is 0 Å². The summed E-state index contributed by atoms with van der Waals surface area (Å²) in [5.41, 5.74) is 0. The molecule has 1 heterocycles. The molecule has 1 fully saturated rings. The van der Waals surface area contributed by atoms with Gasteiger partial charge in [-0.25, -0.2) is 4.79 Å². The fourth-order valence-corrected chi connectivity index (χ4v) is 1.73. The van der Waals surface area contributed by atoms with Crippen molar-refractivity contribution in [3.63, 3.8) is 0 Å². The van der Waals surface area contributed by atoms with Crippen LogP contribution in [0.3, 0.4) is 0 Å². The largest absolute Gasteiger partial charge is 0.481 e. The second-order valence-corrected chi connectivity index (χ2v) is 4.29. The van der Waals surface area contributed by atoms with Crippen molar-refractivity contribution >= 4 is 12.0 Å². The molecule has 3 N–H and O–H groups in total. The molecule has 0 spiro atoms. The summed E-state index contributed by atoms with van der Waals surface area (Å²) in [4.78, 5) is 22.0. The number of urea groups is 1. The Balaban J connectivity index is 2.19. The lowest BCUT2D eigenvalue weighted by molar-refractivity contribution is -0.137. The third-order valence-electron chi connectivity index (χ3n) is 2.82. The van der Waals surface area contributed by atoms with Gasteiger partial charge >= 0.3 is 12.0 Å². The minimum Gasteiger partial charge on any atom is -0.481 e. The van der Waals surface area contributed by atoms with E-state index < -0.39 is 5.97 Å². The van der Waals surface area contributed by atoms with Crippen molar-refractivity contribution < 1.29 is 19.4 Å². The van der Waals surface area contributed by atoms with E-state index in [4.69, 9.17) is 9.84 Å². The number of carboxylic acids is 1. The number of rotatable bonds is 6. The Morgan fingerprint density at radius 3 is 2.82 bits per heavy atom. The Bertz CT molecular complexity index is 264. The molecular formula is C11H20N2O4. The van der Waals surface area contributed by atoms with Crippen molar-refractivity contribution in [1.82, 2.24) is 10.6 Å². The first kappa shape index (κ1) is 13.8. The van der Waals surface area contributed by atoms with Gasteiger partial charge in [-0.2, -0.15) is 0 Å². The minimum absolute atomic E-state index is 0.0452. The number of carbonyl (C=O) groups is 2. The van der Waals surface area contributed by atoms with Gasteiger partial charge in [-0.15, -0.1) is 0 Å². The van der Waals surface area contributed by atoms with E-state index in [9.17, 15) is 9.59 Å². The van der Waals surface area contributed by atoms with Crippen molar-refractivity contribution in [3.8, 4) is 0 Å². The smallest absolute Gasteiger partial charge is 0.315 e. The van der Waals surface area contributed by atoms with Crippen LogP contribution in [0.5, 0.6) is 0 Å². The Morgan fingerprint density at radius 1 is 1.53 bits per heavy atom. The summed E-state index contributed by atoms with van der Waals surface area (Å²) in [5, 5.41) is 14.0. The summed E-state index contributed by atoms with van der Waals surface area (Å²) < 4.78 is 5.19. The first-order valence-electron chi connectivity index (χ1n) is 5.95. The maximum absolute atomic E-state index is 11.5. The lowest BCUT2D eigenvalue weighted by atomic mass is 10.1. The normalized spacial score (nSPS) is 20.9. The fraction of sp³-hybridized carbons (Fsp3) is 0.818. The first-order valence-corrected chi connectivity index (χ1v) is 5.95. The molecule has 2 amide bonds. The third kappa shape index (κ3) is 5.53. The monoisotopic (exact) mass is 244 g/mol. The van der Waals surface area contributed by atoms with Crippen molar-refractivity contribution in [1.29, 1.82) is 0 Å². The molecule has 2 atom stereocenters. The van der Waals surface area contributed by atoms with Crippen LogP contribution in [0.1, 0.15) is 26.2 Å². The standard InChI is InChI=1S/C11H20N2O4/c1-2-9(5-10(14)15)13-11(16)12-6-8-3-4-17-7-8/h8-9H,2-7H2,1H3,(H,14,15)(H2,12,13,16). The summed E-state index contributed by atoms with van der Waals surface area (Å²) in [6, 6.07) is -0.614. The Kier molecular flexibility index (Phi) is 5.76. The highest BCUT2D eigenvalue weighted by molar-refractivity contribution is 5.75. The molecule has 0 aromatic carbocycles. The van der Waals surface area contributed by atoms with E-state index in [-0.39, 0.29) is 18.5 Å². The summed E-state index contributed by atoms with van der Waals surface area (Å²) in [5.74, 6) is -0.526. The summed E-state index contributed by atoms with van der Waals surface area (Å²) in [6.45, 7) is 3.87. The van der Waals surface area contributed by atoms with Gasteiger partial charge in [0.15, 0.2) is 0 Å². The summed E-state index contributed by atoms with van der Waals surface area (Å²) in [6.07, 6.45) is 1.52. The van der Waals surface area contributed by atoms with Crippen LogP contribution in [0, 0.1) is 5.92 Å². The number of hydrogen-bond acceptors (Lipinski definition) is 3. The molecule has 6 nitrogen and oxygen atoms in total. The molecule has 0 radical (unpaired) electrons. The Hall–Kier alpha value is -1.30. The highest BCUT2D eigenvalue weighted by atomic mass is 16.5. The second-order valence-electron chi connectivity index (χ2n) is 4.29. The molecule has 0 saturated carbocycles. The average Bonchev–Trinajstić information content (AvgIpc) is 2.77. The molecule has 1 rings (SSSR count). The summed E-state index contributed by atoms with van der Waals surface area (Å²) in [7, 11) is 0. The average molecular weight is 244 g/mol. The highest BCUT2D eigenvalue weighted by Gasteiger charge is 2.18. The van der Waals surface area contributed by atoms with E-state index in [1.807, 2.05) is 6.92 Å². The molecular weight excluding hydrogens is 224 g/mol. The van der Waals surface area contributed by atoms with E-state index in [0.717, 1.165) is 13.0 Å². The van der Waals surface area contributed by atoms with Crippen LogP contribution >= 0.6 is 0 Å². The third-order valence-corrected chi connectivity index (χ3v) is 2.82.